The van der Waals surface area contributed by atoms with Crippen molar-refractivity contribution >= 4 is 21.6 Å². The monoisotopic (exact) mass is 328 g/mol. The van der Waals surface area contributed by atoms with Crippen molar-refractivity contribution in [2.45, 2.75) is 6.54 Å². The summed E-state index contributed by atoms with van der Waals surface area (Å²) in [7, 11) is 0. The molecule has 3 rings (SSSR count). The highest BCUT2D eigenvalue weighted by molar-refractivity contribution is 9.10. The van der Waals surface area contributed by atoms with Crippen LogP contribution in [0.15, 0.2) is 65.5 Å². The van der Waals surface area contributed by atoms with Crippen LogP contribution in [0.1, 0.15) is 5.69 Å². The van der Waals surface area contributed by atoms with Crippen molar-refractivity contribution in [3.8, 4) is 5.69 Å². The lowest BCUT2D eigenvalue weighted by Gasteiger charge is -2.04. The Balaban J connectivity index is 1.67. The summed E-state index contributed by atoms with van der Waals surface area (Å²) in [6.45, 7) is 0.670. The van der Waals surface area contributed by atoms with Crippen LogP contribution in [0.4, 0.5) is 5.69 Å². The molecule has 0 atom stereocenters. The topological polar surface area (TPSA) is 42.7 Å². The van der Waals surface area contributed by atoms with E-state index in [4.69, 9.17) is 0 Å². The first-order valence-electron chi connectivity index (χ1n) is 6.27. The van der Waals surface area contributed by atoms with Gasteiger partial charge in [0.15, 0.2) is 0 Å². The zero-order valence-corrected chi connectivity index (χ0v) is 12.3. The van der Waals surface area contributed by atoms with Crippen LogP contribution in [0.3, 0.4) is 0 Å². The number of anilines is 1. The van der Waals surface area contributed by atoms with E-state index < -0.39 is 0 Å². The van der Waals surface area contributed by atoms with Crippen LogP contribution in [0, 0.1) is 0 Å². The second kappa shape index (κ2) is 5.88. The van der Waals surface area contributed by atoms with Crippen molar-refractivity contribution in [3.05, 3.63) is 71.2 Å². The zero-order chi connectivity index (χ0) is 13.8. The molecule has 1 N–H and O–H groups in total. The summed E-state index contributed by atoms with van der Waals surface area (Å²) >= 11 is 3.32. The summed E-state index contributed by atoms with van der Waals surface area (Å²) in [5, 5.41) is 7.83. The van der Waals surface area contributed by atoms with Crippen molar-refractivity contribution in [1.29, 1.82) is 0 Å². The van der Waals surface area contributed by atoms with Gasteiger partial charge in [-0.15, -0.1) is 0 Å². The minimum Gasteiger partial charge on any atom is -0.378 e. The maximum Gasteiger partial charge on any atom is 0.106 e. The van der Waals surface area contributed by atoms with E-state index >= 15 is 0 Å². The van der Waals surface area contributed by atoms with Crippen molar-refractivity contribution in [3.63, 3.8) is 0 Å². The van der Waals surface area contributed by atoms with Crippen LogP contribution in [0.25, 0.3) is 5.69 Å². The highest BCUT2D eigenvalue weighted by Gasteiger charge is 2.01. The Hall–Kier alpha value is -2.14. The molecule has 0 unspecified atom stereocenters. The number of rotatable bonds is 4. The van der Waals surface area contributed by atoms with Gasteiger partial charge in [-0.1, -0.05) is 18.2 Å². The van der Waals surface area contributed by atoms with Gasteiger partial charge >= 0.3 is 0 Å². The zero-order valence-electron chi connectivity index (χ0n) is 10.7. The molecule has 2 aromatic heterocycles. The SMILES string of the molecule is Brc1ccc(NCc2ccn(-c3ccccc3)n2)cn1. The third kappa shape index (κ3) is 3.05. The Bertz CT molecular complexity index is 677. The molecule has 0 fully saturated rings. The first-order valence-corrected chi connectivity index (χ1v) is 7.06. The molecule has 1 aromatic carbocycles. The Morgan fingerprint density at radius 1 is 1.05 bits per heavy atom. The molecule has 4 nitrogen and oxygen atoms in total. The summed E-state index contributed by atoms with van der Waals surface area (Å²) in [4.78, 5) is 4.17. The van der Waals surface area contributed by atoms with Crippen molar-refractivity contribution < 1.29 is 0 Å². The van der Waals surface area contributed by atoms with E-state index in [0.717, 1.165) is 21.7 Å². The van der Waals surface area contributed by atoms with Crippen LogP contribution in [-0.4, -0.2) is 14.8 Å². The number of hydrogen-bond donors (Lipinski definition) is 1. The van der Waals surface area contributed by atoms with Crippen LogP contribution in [0.2, 0.25) is 0 Å². The van der Waals surface area contributed by atoms with E-state index in [1.165, 1.54) is 0 Å². The van der Waals surface area contributed by atoms with Gasteiger partial charge in [-0.25, -0.2) is 9.67 Å². The Kier molecular flexibility index (Phi) is 3.78. The summed E-state index contributed by atoms with van der Waals surface area (Å²) < 4.78 is 2.70. The number of benzene rings is 1. The molecule has 0 saturated carbocycles. The van der Waals surface area contributed by atoms with Gasteiger partial charge < -0.3 is 5.32 Å². The largest absolute Gasteiger partial charge is 0.378 e. The van der Waals surface area contributed by atoms with Gasteiger partial charge in [0.05, 0.1) is 29.8 Å². The molecular formula is C15H13BrN4. The maximum atomic E-state index is 4.54. The molecule has 0 spiro atoms. The fraction of sp³-hybridized carbons (Fsp3) is 0.0667. The normalized spacial score (nSPS) is 10.4. The fourth-order valence-electron chi connectivity index (χ4n) is 1.85. The summed E-state index contributed by atoms with van der Waals surface area (Å²) in [5.74, 6) is 0. The van der Waals surface area contributed by atoms with Gasteiger partial charge in [-0.2, -0.15) is 5.10 Å². The molecule has 0 saturated heterocycles. The summed E-state index contributed by atoms with van der Waals surface area (Å²) in [6, 6.07) is 16.0. The highest BCUT2D eigenvalue weighted by Crippen LogP contribution is 2.12. The first-order chi connectivity index (χ1) is 9.81. The predicted octanol–water partition coefficient (Wildman–Crippen LogP) is 3.64. The van der Waals surface area contributed by atoms with Crippen molar-refractivity contribution in [2.75, 3.05) is 5.32 Å². The highest BCUT2D eigenvalue weighted by atomic mass is 79.9. The molecule has 0 aliphatic heterocycles. The average molecular weight is 329 g/mol. The Morgan fingerprint density at radius 3 is 2.65 bits per heavy atom. The van der Waals surface area contributed by atoms with Gasteiger partial charge in [0.1, 0.15) is 4.60 Å². The van der Waals surface area contributed by atoms with Gasteiger partial charge in [0.2, 0.25) is 0 Å². The van der Waals surface area contributed by atoms with Gasteiger partial charge in [0.25, 0.3) is 0 Å². The number of nitrogens with one attached hydrogen (secondary N) is 1. The minimum atomic E-state index is 0.670. The van der Waals surface area contributed by atoms with E-state index in [9.17, 15) is 0 Å². The predicted molar refractivity (Wildman–Crippen MR) is 82.8 cm³/mol. The van der Waals surface area contributed by atoms with E-state index in [0.29, 0.717) is 6.54 Å². The van der Waals surface area contributed by atoms with Crippen LogP contribution in [-0.2, 0) is 6.54 Å². The second-order valence-electron chi connectivity index (χ2n) is 4.31. The van der Waals surface area contributed by atoms with Gasteiger partial charge in [-0.05, 0) is 46.3 Å². The van der Waals surface area contributed by atoms with E-state index in [2.05, 4.69) is 31.3 Å². The number of halogens is 1. The molecule has 100 valence electrons. The summed E-state index contributed by atoms with van der Waals surface area (Å²) in [5.41, 5.74) is 3.02. The fourth-order valence-corrected chi connectivity index (χ4v) is 2.09. The first kappa shape index (κ1) is 12.9. The number of aromatic nitrogens is 3. The number of pyridine rings is 1. The second-order valence-corrected chi connectivity index (χ2v) is 5.12. The van der Waals surface area contributed by atoms with Crippen LogP contribution in [0.5, 0.6) is 0 Å². The molecule has 0 aliphatic carbocycles. The molecule has 0 amide bonds. The third-order valence-corrected chi connectivity index (χ3v) is 3.34. The van der Waals surface area contributed by atoms with E-state index in [-0.39, 0.29) is 0 Å². The quantitative estimate of drug-likeness (QED) is 0.743. The van der Waals surface area contributed by atoms with Crippen molar-refractivity contribution in [2.24, 2.45) is 0 Å². The third-order valence-electron chi connectivity index (χ3n) is 2.87. The summed E-state index contributed by atoms with van der Waals surface area (Å²) in [6.07, 6.45) is 3.75. The number of hydrogen-bond acceptors (Lipinski definition) is 3. The lowest BCUT2D eigenvalue weighted by molar-refractivity contribution is 0.844. The molecule has 20 heavy (non-hydrogen) atoms. The maximum absolute atomic E-state index is 4.54. The lowest BCUT2D eigenvalue weighted by atomic mass is 10.3. The van der Waals surface area contributed by atoms with Gasteiger partial charge in [0, 0.05) is 6.20 Å². The van der Waals surface area contributed by atoms with Crippen LogP contribution >= 0.6 is 15.9 Å². The Labute approximate surface area is 125 Å². The van der Waals surface area contributed by atoms with E-state index in [1.807, 2.05) is 59.4 Å². The molecule has 0 bridgehead atoms. The van der Waals surface area contributed by atoms with Crippen LogP contribution < -0.4 is 5.32 Å². The Morgan fingerprint density at radius 2 is 1.90 bits per heavy atom. The molecule has 0 aliphatic rings. The molecule has 3 aromatic rings. The lowest BCUT2D eigenvalue weighted by Crippen LogP contribution is -2.02. The smallest absolute Gasteiger partial charge is 0.106 e. The molecule has 5 heteroatoms. The standard InChI is InChI=1S/C15H13BrN4/c16-15-7-6-12(10-18-15)17-11-13-8-9-20(19-13)14-4-2-1-3-5-14/h1-10,17H,11H2. The molecule has 2 heterocycles. The van der Waals surface area contributed by atoms with Crippen molar-refractivity contribution in [1.82, 2.24) is 14.8 Å². The van der Waals surface area contributed by atoms with E-state index in [1.54, 1.807) is 6.20 Å². The van der Waals surface area contributed by atoms with Gasteiger partial charge in [-0.3, -0.25) is 0 Å². The minimum absolute atomic E-state index is 0.670. The molecular weight excluding hydrogens is 316 g/mol. The molecule has 0 radical (unpaired) electrons. The average Bonchev–Trinajstić information content (AvgIpc) is 2.97. The number of nitrogens with zero attached hydrogens (tertiary/aromatic N) is 3. The number of para-hydroxylation sites is 1.